The number of carbonyl (C=O) groups is 1. The Balaban J connectivity index is 2.11. The number of halogens is 1. The Morgan fingerprint density at radius 1 is 1.14 bits per heavy atom. The Bertz CT molecular complexity index is 829. The minimum atomic E-state index is -3.30. The van der Waals surface area contributed by atoms with E-state index < -0.39 is 9.84 Å². The Kier molecular flexibility index (Phi) is 5.15. The molecule has 22 heavy (non-hydrogen) atoms. The zero-order chi connectivity index (χ0) is 16.2. The summed E-state index contributed by atoms with van der Waals surface area (Å²) < 4.78 is 23.9. The molecule has 0 aliphatic heterocycles. The van der Waals surface area contributed by atoms with E-state index in [-0.39, 0.29) is 10.8 Å². The highest BCUT2D eigenvalue weighted by atomic mass is 79.9. The molecule has 114 valence electrons. The van der Waals surface area contributed by atoms with Crippen LogP contribution in [0.3, 0.4) is 0 Å². The zero-order valence-corrected chi connectivity index (χ0v) is 14.2. The van der Waals surface area contributed by atoms with Gasteiger partial charge in [0.15, 0.2) is 9.84 Å². The molecule has 2 aromatic carbocycles. The van der Waals surface area contributed by atoms with E-state index in [1.807, 2.05) is 24.3 Å². The lowest BCUT2D eigenvalue weighted by atomic mass is 10.2. The van der Waals surface area contributed by atoms with Crippen molar-refractivity contribution in [2.45, 2.75) is 4.90 Å². The van der Waals surface area contributed by atoms with Crippen molar-refractivity contribution in [1.82, 2.24) is 0 Å². The predicted octanol–water partition coefficient (Wildman–Crippen LogP) is 3.50. The molecule has 0 saturated heterocycles. The van der Waals surface area contributed by atoms with Gasteiger partial charge in [-0.1, -0.05) is 40.2 Å². The summed E-state index contributed by atoms with van der Waals surface area (Å²) in [6.07, 6.45) is 4.20. The van der Waals surface area contributed by atoms with Crippen LogP contribution in [0.25, 0.3) is 6.08 Å². The summed E-state index contributed by atoms with van der Waals surface area (Å²) in [6, 6.07) is 13.7. The third-order valence-electron chi connectivity index (χ3n) is 2.85. The van der Waals surface area contributed by atoms with E-state index in [2.05, 4.69) is 21.2 Å². The van der Waals surface area contributed by atoms with Gasteiger partial charge in [0.1, 0.15) is 0 Å². The number of hydrogen-bond donors (Lipinski definition) is 1. The predicted molar refractivity (Wildman–Crippen MR) is 91.4 cm³/mol. The molecular weight excluding hydrogens is 366 g/mol. The van der Waals surface area contributed by atoms with Crippen LogP contribution in [0.1, 0.15) is 5.56 Å². The lowest BCUT2D eigenvalue weighted by Crippen LogP contribution is -2.08. The van der Waals surface area contributed by atoms with E-state index in [1.165, 1.54) is 18.2 Å². The summed E-state index contributed by atoms with van der Waals surface area (Å²) in [5, 5.41) is 2.64. The van der Waals surface area contributed by atoms with Gasteiger partial charge in [-0.3, -0.25) is 4.79 Å². The van der Waals surface area contributed by atoms with Crippen LogP contribution in [0.2, 0.25) is 0 Å². The van der Waals surface area contributed by atoms with Crippen LogP contribution >= 0.6 is 15.9 Å². The van der Waals surface area contributed by atoms with Gasteiger partial charge in [0.2, 0.25) is 5.91 Å². The summed E-state index contributed by atoms with van der Waals surface area (Å²) in [7, 11) is -3.30. The molecule has 0 saturated carbocycles. The molecule has 2 aromatic rings. The minimum Gasteiger partial charge on any atom is -0.322 e. The molecule has 1 amide bonds. The van der Waals surface area contributed by atoms with Crippen molar-refractivity contribution >= 4 is 43.4 Å². The van der Waals surface area contributed by atoms with Crippen molar-refractivity contribution in [2.75, 3.05) is 11.6 Å². The maximum atomic E-state index is 11.9. The van der Waals surface area contributed by atoms with Crippen LogP contribution in [-0.2, 0) is 14.6 Å². The Morgan fingerprint density at radius 2 is 1.86 bits per heavy atom. The second kappa shape index (κ2) is 6.89. The van der Waals surface area contributed by atoms with Crippen LogP contribution in [0.5, 0.6) is 0 Å². The quantitative estimate of drug-likeness (QED) is 0.826. The van der Waals surface area contributed by atoms with Gasteiger partial charge in [0, 0.05) is 22.5 Å². The van der Waals surface area contributed by atoms with Crippen LogP contribution in [0.4, 0.5) is 5.69 Å². The Morgan fingerprint density at radius 3 is 2.55 bits per heavy atom. The second-order valence-corrected chi connectivity index (χ2v) is 7.51. The molecule has 1 N–H and O–H groups in total. The normalized spacial score (nSPS) is 11.5. The number of nitrogens with one attached hydrogen (secondary N) is 1. The van der Waals surface area contributed by atoms with Crippen molar-refractivity contribution < 1.29 is 13.2 Å². The van der Waals surface area contributed by atoms with E-state index in [4.69, 9.17) is 0 Å². The summed E-state index contributed by atoms with van der Waals surface area (Å²) >= 11 is 3.39. The maximum absolute atomic E-state index is 11.9. The first-order valence-corrected chi connectivity index (χ1v) is 9.08. The van der Waals surface area contributed by atoms with E-state index in [1.54, 1.807) is 18.2 Å². The SMILES string of the molecule is CS(=O)(=O)c1cccc(NC(=O)/C=C/c2ccccc2Br)c1. The molecule has 6 heteroatoms. The average Bonchev–Trinajstić information content (AvgIpc) is 2.46. The van der Waals surface area contributed by atoms with Gasteiger partial charge in [0.25, 0.3) is 0 Å². The van der Waals surface area contributed by atoms with Crippen LogP contribution < -0.4 is 5.32 Å². The molecular formula is C16H14BrNO3S. The largest absolute Gasteiger partial charge is 0.322 e. The fourth-order valence-electron chi connectivity index (χ4n) is 1.76. The lowest BCUT2D eigenvalue weighted by Gasteiger charge is -2.04. The van der Waals surface area contributed by atoms with E-state index in [0.29, 0.717) is 5.69 Å². The smallest absolute Gasteiger partial charge is 0.248 e. The third kappa shape index (κ3) is 4.54. The maximum Gasteiger partial charge on any atom is 0.248 e. The molecule has 0 aromatic heterocycles. The number of carbonyl (C=O) groups excluding carboxylic acids is 1. The van der Waals surface area contributed by atoms with Crippen molar-refractivity contribution in [3.63, 3.8) is 0 Å². The van der Waals surface area contributed by atoms with E-state index in [9.17, 15) is 13.2 Å². The molecule has 0 bridgehead atoms. The number of benzene rings is 2. The van der Waals surface area contributed by atoms with Gasteiger partial charge in [-0.15, -0.1) is 0 Å². The number of anilines is 1. The molecule has 4 nitrogen and oxygen atoms in total. The first-order valence-electron chi connectivity index (χ1n) is 6.40. The van der Waals surface area contributed by atoms with Crippen molar-refractivity contribution in [3.05, 3.63) is 64.6 Å². The average molecular weight is 380 g/mol. The molecule has 0 aliphatic rings. The van der Waals surface area contributed by atoms with Gasteiger partial charge in [0.05, 0.1) is 4.90 Å². The molecule has 0 unspecified atom stereocenters. The topological polar surface area (TPSA) is 63.2 Å². The highest BCUT2D eigenvalue weighted by Gasteiger charge is 2.08. The Labute approximate surface area is 137 Å². The van der Waals surface area contributed by atoms with Gasteiger partial charge in [-0.25, -0.2) is 8.42 Å². The van der Waals surface area contributed by atoms with E-state index in [0.717, 1.165) is 16.3 Å². The third-order valence-corrected chi connectivity index (χ3v) is 4.68. The van der Waals surface area contributed by atoms with Gasteiger partial charge >= 0.3 is 0 Å². The molecule has 2 rings (SSSR count). The Hall–Kier alpha value is -1.92. The van der Waals surface area contributed by atoms with Gasteiger partial charge in [-0.2, -0.15) is 0 Å². The first kappa shape index (κ1) is 16.5. The summed E-state index contributed by atoms with van der Waals surface area (Å²) in [5.41, 5.74) is 1.31. The van der Waals surface area contributed by atoms with Crippen molar-refractivity contribution in [1.29, 1.82) is 0 Å². The molecule has 0 spiro atoms. The van der Waals surface area contributed by atoms with Crippen LogP contribution in [0.15, 0.2) is 64.0 Å². The monoisotopic (exact) mass is 379 g/mol. The van der Waals surface area contributed by atoms with Gasteiger partial charge < -0.3 is 5.32 Å². The van der Waals surface area contributed by atoms with Gasteiger partial charge in [-0.05, 0) is 35.9 Å². The summed E-state index contributed by atoms with van der Waals surface area (Å²) in [6.45, 7) is 0. The number of hydrogen-bond acceptors (Lipinski definition) is 3. The highest BCUT2D eigenvalue weighted by Crippen LogP contribution is 2.18. The summed E-state index contributed by atoms with van der Waals surface area (Å²) in [4.78, 5) is 12.1. The van der Waals surface area contributed by atoms with Crippen molar-refractivity contribution in [2.24, 2.45) is 0 Å². The number of amides is 1. The molecule has 0 fully saturated rings. The highest BCUT2D eigenvalue weighted by molar-refractivity contribution is 9.10. The second-order valence-electron chi connectivity index (χ2n) is 4.64. The van der Waals surface area contributed by atoms with E-state index >= 15 is 0 Å². The fraction of sp³-hybridized carbons (Fsp3) is 0.0625. The van der Waals surface area contributed by atoms with Crippen molar-refractivity contribution in [3.8, 4) is 0 Å². The zero-order valence-electron chi connectivity index (χ0n) is 11.8. The molecule has 0 atom stereocenters. The standard InChI is InChI=1S/C16H14BrNO3S/c1-22(20,21)14-7-4-6-13(11-14)18-16(19)10-9-12-5-2-3-8-15(12)17/h2-11H,1H3,(H,18,19)/b10-9+. The fourth-order valence-corrected chi connectivity index (χ4v) is 2.85. The first-order chi connectivity index (χ1) is 10.4. The summed E-state index contributed by atoms with van der Waals surface area (Å²) in [5.74, 6) is -0.332. The molecule has 0 aliphatic carbocycles. The van der Waals surface area contributed by atoms with Crippen LogP contribution in [0, 0.1) is 0 Å². The number of rotatable bonds is 4. The lowest BCUT2D eigenvalue weighted by molar-refractivity contribution is -0.111. The molecule has 0 radical (unpaired) electrons. The van der Waals surface area contributed by atoms with Crippen LogP contribution in [-0.4, -0.2) is 20.6 Å². The minimum absolute atomic E-state index is 0.167. The molecule has 0 heterocycles. The number of sulfone groups is 1.